The van der Waals surface area contributed by atoms with Gasteiger partial charge in [0.1, 0.15) is 5.82 Å². The number of carbonyl (C=O) groups is 1. The Kier molecular flexibility index (Phi) is 5.57. The van der Waals surface area contributed by atoms with E-state index in [0.29, 0.717) is 24.2 Å². The Labute approximate surface area is 181 Å². The molecule has 32 heavy (non-hydrogen) atoms. The van der Waals surface area contributed by atoms with Gasteiger partial charge >= 0.3 is 6.03 Å². The molecular weight excluding hydrogens is 447 g/mol. The van der Waals surface area contributed by atoms with E-state index in [2.05, 4.69) is 20.6 Å². The van der Waals surface area contributed by atoms with Gasteiger partial charge in [-0.2, -0.15) is 0 Å². The Morgan fingerprint density at radius 3 is 2.50 bits per heavy atom. The van der Waals surface area contributed by atoms with Crippen molar-refractivity contribution in [3.8, 4) is 0 Å². The lowest BCUT2D eigenvalue weighted by atomic mass is 9.84. The number of hydrogen-bond donors (Lipinski definition) is 2. The molecule has 12 heteroatoms. The van der Waals surface area contributed by atoms with Gasteiger partial charge < -0.3 is 10.6 Å². The summed E-state index contributed by atoms with van der Waals surface area (Å²) in [5.41, 5.74) is 1.07. The van der Waals surface area contributed by atoms with Crippen LogP contribution < -0.4 is 10.6 Å². The van der Waals surface area contributed by atoms with E-state index in [1.165, 1.54) is 6.20 Å². The molecule has 1 aliphatic carbocycles. The summed E-state index contributed by atoms with van der Waals surface area (Å²) < 4.78 is 65.1. The van der Waals surface area contributed by atoms with E-state index in [1.54, 1.807) is 12.1 Å². The van der Waals surface area contributed by atoms with Crippen molar-refractivity contribution < 1.29 is 26.4 Å². The average Bonchev–Trinajstić information content (AvgIpc) is 3.06. The fourth-order valence-corrected chi connectivity index (χ4v) is 4.50. The van der Waals surface area contributed by atoms with Crippen LogP contribution in [-0.4, -0.2) is 40.6 Å². The fourth-order valence-electron chi connectivity index (χ4n) is 3.75. The summed E-state index contributed by atoms with van der Waals surface area (Å²) in [5.74, 6) is -3.36. The zero-order valence-corrected chi connectivity index (χ0v) is 17.8. The predicted octanol–water partition coefficient (Wildman–Crippen LogP) is 4.32. The summed E-state index contributed by atoms with van der Waals surface area (Å²) in [6.45, 7) is 0. The maximum Gasteiger partial charge on any atom is 0.323 e. The molecule has 3 aromatic rings. The minimum Gasteiger partial charge on any atom is -0.306 e. The number of carbonyl (C=O) groups excluding carboxylic acids is 1. The SMILES string of the molecule is CS(=O)(=O)n1cc(NC(=O)Nc2ccc(C3CCC(F)(F)CC3)nc2)c2cc(F)cnc21. The van der Waals surface area contributed by atoms with Crippen LogP contribution in [0.25, 0.3) is 11.0 Å². The second kappa shape index (κ2) is 8.08. The van der Waals surface area contributed by atoms with Crippen molar-refractivity contribution in [2.45, 2.75) is 37.5 Å². The quantitative estimate of drug-likeness (QED) is 0.595. The molecule has 0 aliphatic heterocycles. The van der Waals surface area contributed by atoms with Crippen molar-refractivity contribution in [2.75, 3.05) is 16.9 Å². The molecule has 0 aromatic carbocycles. The molecule has 8 nitrogen and oxygen atoms in total. The van der Waals surface area contributed by atoms with Crippen molar-refractivity contribution >= 4 is 38.5 Å². The van der Waals surface area contributed by atoms with Gasteiger partial charge in [0, 0.05) is 36.0 Å². The molecule has 0 atom stereocenters. The Morgan fingerprint density at radius 1 is 1.16 bits per heavy atom. The summed E-state index contributed by atoms with van der Waals surface area (Å²) in [7, 11) is -3.74. The maximum atomic E-state index is 13.6. The first kappa shape index (κ1) is 22.1. The van der Waals surface area contributed by atoms with Gasteiger partial charge in [-0.1, -0.05) is 0 Å². The van der Waals surface area contributed by atoms with Crippen LogP contribution in [0.4, 0.5) is 29.3 Å². The second-order valence-electron chi connectivity index (χ2n) is 7.81. The molecule has 1 aliphatic rings. The molecule has 1 fully saturated rings. The molecule has 3 aromatic heterocycles. The fraction of sp³-hybridized carbons (Fsp3) is 0.350. The smallest absolute Gasteiger partial charge is 0.306 e. The lowest BCUT2D eigenvalue weighted by molar-refractivity contribution is -0.0384. The van der Waals surface area contributed by atoms with Crippen LogP contribution in [0.5, 0.6) is 0 Å². The molecule has 2 amide bonds. The average molecular weight is 467 g/mol. The topological polar surface area (TPSA) is 106 Å². The molecular formula is C20H20F3N5O3S. The number of hydrogen-bond acceptors (Lipinski definition) is 5. The highest BCUT2D eigenvalue weighted by Crippen LogP contribution is 2.40. The van der Waals surface area contributed by atoms with Gasteiger partial charge in [-0.3, -0.25) is 4.98 Å². The molecule has 3 heterocycles. The van der Waals surface area contributed by atoms with Gasteiger partial charge in [-0.25, -0.2) is 35.3 Å². The molecule has 2 N–H and O–H groups in total. The number of nitrogens with one attached hydrogen (secondary N) is 2. The first-order valence-electron chi connectivity index (χ1n) is 9.81. The number of fused-ring (bicyclic) bond motifs is 1. The second-order valence-corrected chi connectivity index (χ2v) is 9.67. The zero-order valence-electron chi connectivity index (χ0n) is 17.0. The van der Waals surface area contributed by atoms with E-state index in [1.807, 2.05) is 0 Å². The standard InChI is InChI=1S/C20H20F3N5O3S/c1-32(30,31)28-11-17(15-8-13(21)9-25-18(15)28)27-19(29)26-14-2-3-16(24-10-14)12-4-6-20(22,23)7-5-12/h2-3,8-12H,4-7H2,1H3,(H2,26,27,29). The maximum absolute atomic E-state index is 13.6. The van der Waals surface area contributed by atoms with Gasteiger partial charge in [-0.15, -0.1) is 0 Å². The summed E-state index contributed by atoms with van der Waals surface area (Å²) in [5, 5.41) is 5.16. The van der Waals surface area contributed by atoms with Crippen LogP contribution in [0.3, 0.4) is 0 Å². The van der Waals surface area contributed by atoms with E-state index >= 15 is 0 Å². The number of nitrogens with zero attached hydrogens (tertiary/aromatic N) is 3. The van der Waals surface area contributed by atoms with Gasteiger partial charge in [0.2, 0.25) is 15.9 Å². The van der Waals surface area contributed by atoms with Crippen molar-refractivity contribution in [1.82, 2.24) is 13.9 Å². The number of aromatic nitrogens is 3. The Hall–Kier alpha value is -3.15. The van der Waals surface area contributed by atoms with Crippen molar-refractivity contribution in [3.63, 3.8) is 0 Å². The molecule has 0 spiro atoms. The molecule has 0 unspecified atom stereocenters. The van der Waals surface area contributed by atoms with Gasteiger partial charge in [0.15, 0.2) is 5.65 Å². The van der Waals surface area contributed by atoms with Gasteiger partial charge in [0.25, 0.3) is 0 Å². The summed E-state index contributed by atoms with van der Waals surface area (Å²) >= 11 is 0. The highest BCUT2D eigenvalue weighted by atomic mass is 32.2. The van der Waals surface area contributed by atoms with Crippen LogP contribution in [0.15, 0.2) is 36.8 Å². The summed E-state index contributed by atoms with van der Waals surface area (Å²) in [6.07, 6.45) is 4.77. The van der Waals surface area contributed by atoms with E-state index < -0.39 is 27.8 Å². The van der Waals surface area contributed by atoms with Crippen molar-refractivity contribution in [2.24, 2.45) is 0 Å². The zero-order chi connectivity index (χ0) is 23.1. The lowest BCUT2D eigenvalue weighted by Gasteiger charge is -2.27. The van der Waals surface area contributed by atoms with Crippen LogP contribution in [0, 0.1) is 5.82 Å². The molecule has 0 radical (unpaired) electrons. The van der Waals surface area contributed by atoms with Crippen LogP contribution in [-0.2, 0) is 10.0 Å². The number of pyridine rings is 2. The molecule has 0 bridgehead atoms. The van der Waals surface area contributed by atoms with E-state index in [-0.39, 0.29) is 35.5 Å². The van der Waals surface area contributed by atoms with E-state index in [9.17, 15) is 26.4 Å². The third kappa shape index (κ3) is 4.69. The number of amides is 2. The number of rotatable bonds is 4. The summed E-state index contributed by atoms with van der Waals surface area (Å²) in [4.78, 5) is 20.5. The minimum absolute atomic E-state index is 0.0201. The number of halogens is 3. The number of anilines is 2. The molecule has 0 saturated heterocycles. The van der Waals surface area contributed by atoms with Crippen molar-refractivity contribution in [1.29, 1.82) is 0 Å². The largest absolute Gasteiger partial charge is 0.323 e. The van der Waals surface area contributed by atoms with Gasteiger partial charge in [-0.05, 0) is 31.0 Å². The van der Waals surface area contributed by atoms with E-state index in [0.717, 1.165) is 28.7 Å². The van der Waals surface area contributed by atoms with Crippen LogP contribution in [0.2, 0.25) is 0 Å². The normalized spacial score (nSPS) is 16.8. The minimum atomic E-state index is -3.74. The molecule has 4 rings (SSSR count). The first-order valence-corrected chi connectivity index (χ1v) is 11.7. The highest BCUT2D eigenvalue weighted by Gasteiger charge is 2.35. The lowest BCUT2D eigenvalue weighted by Crippen LogP contribution is -2.24. The third-order valence-electron chi connectivity index (χ3n) is 5.36. The monoisotopic (exact) mass is 467 g/mol. The van der Waals surface area contributed by atoms with Crippen LogP contribution >= 0.6 is 0 Å². The summed E-state index contributed by atoms with van der Waals surface area (Å²) in [6, 6.07) is 3.66. The number of alkyl halides is 2. The highest BCUT2D eigenvalue weighted by molar-refractivity contribution is 7.89. The third-order valence-corrected chi connectivity index (χ3v) is 6.36. The van der Waals surface area contributed by atoms with Crippen LogP contribution in [0.1, 0.15) is 37.3 Å². The van der Waals surface area contributed by atoms with E-state index in [4.69, 9.17) is 0 Å². The van der Waals surface area contributed by atoms with Gasteiger partial charge in [0.05, 0.1) is 30.0 Å². The first-order chi connectivity index (χ1) is 15.0. The molecule has 1 saturated carbocycles. The molecule has 170 valence electrons. The predicted molar refractivity (Wildman–Crippen MR) is 113 cm³/mol. The van der Waals surface area contributed by atoms with Crippen molar-refractivity contribution in [3.05, 3.63) is 48.3 Å². The number of urea groups is 1. The Balaban J connectivity index is 1.47. The Bertz CT molecular complexity index is 1270. The Morgan fingerprint density at radius 2 is 1.88 bits per heavy atom.